The molecule has 2 aromatic carbocycles. The SMILES string of the molecule is COC(=O)c1ccc(C(=O)Nc2nc(-c3ccc([N+](=O)[O-])cc3)cs2)cc1. The fourth-order valence-electron chi connectivity index (χ4n) is 2.26. The number of carbonyl (C=O) groups is 2. The van der Waals surface area contributed by atoms with Crippen LogP contribution in [0.1, 0.15) is 20.7 Å². The summed E-state index contributed by atoms with van der Waals surface area (Å²) < 4.78 is 4.61. The fraction of sp³-hybridized carbons (Fsp3) is 0.0556. The fourth-order valence-corrected chi connectivity index (χ4v) is 2.98. The van der Waals surface area contributed by atoms with Gasteiger partial charge in [-0.1, -0.05) is 0 Å². The molecular formula is C18H13N3O5S. The van der Waals surface area contributed by atoms with Crippen molar-refractivity contribution in [1.29, 1.82) is 0 Å². The third-order valence-electron chi connectivity index (χ3n) is 3.67. The number of nitro groups is 1. The molecule has 3 rings (SSSR count). The van der Waals surface area contributed by atoms with Gasteiger partial charge in [-0.25, -0.2) is 9.78 Å². The maximum Gasteiger partial charge on any atom is 0.337 e. The number of rotatable bonds is 5. The molecule has 9 heteroatoms. The molecular weight excluding hydrogens is 370 g/mol. The Labute approximate surface area is 157 Å². The molecule has 0 unspecified atom stereocenters. The number of nitrogens with one attached hydrogen (secondary N) is 1. The molecule has 3 aromatic rings. The van der Waals surface area contributed by atoms with Crippen LogP contribution in [0.2, 0.25) is 0 Å². The Bertz CT molecular complexity index is 997. The minimum absolute atomic E-state index is 0.00194. The maximum atomic E-state index is 12.3. The molecule has 1 amide bonds. The Morgan fingerprint density at radius 3 is 2.30 bits per heavy atom. The van der Waals surface area contributed by atoms with Crippen molar-refractivity contribution < 1.29 is 19.2 Å². The average Bonchev–Trinajstić information content (AvgIpc) is 3.16. The molecule has 1 N–H and O–H groups in total. The summed E-state index contributed by atoms with van der Waals surface area (Å²) in [6.07, 6.45) is 0. The van der Waals surface area contributed by atoms with Gasteiger partial charge < -0.3 is 4.74 Å². The van der Waals surface area contributed by atoms with Gasteiger partial charge in [-0.2, -0.15) is 0 Å². The van der Waals surface area contributed by atoms with E-state index in [-0.39, 0.29) is 11.6 Å². The summed E-state index contributed by atoms with van der Waals surface area (Å²) in [5, 5.41) is 15.5. The second-order valence-corrected chi connectivity index (χ2v) is 6.22. The van der Waals surface area contributed by atoms with E-state index in [1.165, 1.54) is 54.8 Å². The van der Waals surface area contributed by atoms with Crippen molar-refractivity contribution in [2.45, 2.75) is 0 Å². The summed E-state index contributed by atoms with van der Waals surface area (Å²) in [5.74, 6) is -0.842. The van der Waals surface area contributed by atoms with Gasteiger partial charge in [0.2, 0.25) is 0 Å². The van der Waals surface area contributed by atoms with E-state index in [1.54, 1.807) is 17.5 Å². The Hall–Kier alpha value is -3.59. The van der Waals surface area contributed by atoms with E-state index in [9.17, 15) is 19.7 Å². The van der Waals surface area contributed by atoms with Gasteiger partial charge in [0.05, 0.1) is 23.3 Å². The number of esters is 1. The number of methoxy groups -OCH3 is 1. The van der Waals surface area contributed by atoms with Crippen molar-refractivity contribution in [3.8, 4) is 11.3 Å². The quantitative estimate of drug-likeness (QED) is 0.408. The third kappa shape index (κ3) is 4.15. The van der Waals surface area contributed by atoms with E-state index in [0.29, 0.717) is 27.5 Å². The Morgan fingerprint density at radius 1 is 1.07 bits per heavy atom. The van der Waals surface area contributed by atoms with Crippen molar-refractivity contribution in [3.05, 3.63) is 75.2 Å². The number of non-ortho nitro benzene ring substituents is 1. The zero-order valence-corrected chi connectivity index (χ0v) is 14.9. The molecule has 8 nitrogen and oxygen atoms in total. The molecule has 0 saturated carbocycles. The zero-order chi connectivity index (χ0) is 19.4. The molecule has 0 spiro atoms. The van der Waals surface area contributed by atoms with Crippen molar-refractivity contribution in [1.82, 2.24) is 4.98 Å². The van der Waals surface area contributed by atoms with E-state index in [2.05, 4.69) is 15.0 Å². The lowest BCUT2D eigenvalue weighted by molar-refractivity contribution is -0.384. The van der Waals surface area contributed by atoms with Crippen molar-refractivity contribution in [2.75, 3.05) is 12.4 Å². The van der Waals surface area contributed by atoms with Crippen LogP contribution < -0.4 is 5.32 Å². The normalized spacial score (nSPS) is 10.3. The monoisotopic (exact) mass is 383 g/mol. The molecule has 0 aliphatic carbocycles. The third-order valence-corrected chi connectivity index (χ3v) is 4.42. The van der Waals surface area contributed by atoms with E-state index < -0.39 is 10.9 Å². The van der Waals surface area contributed by atoms with Crippen LogP contribution in [0.5, 0.6) is 0 Å². The average molecular weight is 383 g/mol. The minimum atomic E-state index is -0.477. The lowest BCUT2D eigenvalue weighted by Gasteiger charge is -2.03. The summed E-state index contributed by atoms with van der Waals surface area (Å²) in [7, 11) is 1.29. The van der Waals surface area contributed by atoms with Gasteiger partial charge in [-0.3, -0.25) is 20.2 Å². The number of anilines is 1. The number of nitro benzene ring substituents is 1. The minimum Gasteiger partial charge on any atom is -0.465 e. The van der Waals surface area contributed by atoms with Crippen LogP contribution in [0.3, 0.4) is 0 Å². The number of aromatic nitrogens is 1. The largest absolute Gasteiger partial charge is 0.465 e. The van der Waals surface area contributed by atoms with Crippen molar-refractivity contribution in [3.63, 3.8) is 0 Å². The summed E-state index contributed by atoms with van der Waals surface area (Å²) >= 11 is 1.24. The Morgan fingerprint density at radius 2 is 1.70 bits per heavy atom. The van der Waals surface area contributed by atoms with Gasteiger partial charge in [-0.15, -0.1) is 11.3 Å². The van der Waals surface area contributed by atoms with Crippen LogP contribution in [-0.2, 0) is 4.74 Å². The van der Waals surface area contributed by atoms with Gasteiger partial charge in [0, 0.05) is 28.6 Å². The number of carbonyl (C=O) groups excluding carboxylic acids is 2. The Balaban J connectivity index is 1.70. The summed E-state index contributed by atoms with van der Waals surface area (Å²) in [4.78, 5) is 38.3. The topological polar surface area (TPSA) is 111 Å². The standard InChI is InChI=1S/C18H13N3O5S/c1-26-17(23)13-4-2-12(3-5-13)16(22)20-18-19-15(10-27-18)11-6-8-14(9-7-11)21(24)25/h2-10H,1H3,(H,19,20,22). The first-order valence-corrected chi connectivity index (χ1v) is 8.56. The molecule has 0 radical (unpaired) electrons. The van der Waals surface area contributed by atoms with E-state index in [0.717, 1.165) is 0 Å². The summed E-state index contributed by atoms with van der Waals surface area (Å²) in [5.41, 5.74) is 2.03. The van der Waals surface area contributed by atoms with Crippen molar-refractivity contribution >= 4 is 34.0 Å². The van der Waals surface area contributed by atoms with Crippen LogP contribution in [0.15, 0.2) is 53.9 Å². The van der Waals surface area contributed by atoms with Gasteiger partial charge >= 0.3 is 5.97 Å². The first-order chi connectivity index (χ1) is 13.0. The Kier molecular flexibility index (Phi) is 5.23. The highest BCUT2D eigenvalue weighted by atomic mass is 32.1. The lowest BCUT2D eigenvalue weighted by Crippen LogP contribution is -2.12. The molecule has 0 saturated heterocycles. The van der Waals surface area contributed by atoms with E-state index in [4.69, 9.17) is 0 Å². The number of ether oxygens (including phenoxy) is 1. The number of amides is 1. The van der Waals surface area contributed by atoms with Crippen LogP contribution in [0, 0.1) is 10.1 Å². The lowest BCUT2D eigenvalue weighted by atomic mass is 10.1. The highest BCUT2D eigenvalue weighted by Crippen LogP contribution is 2.26. The molecule has 0 atom stereocenters. The van der Waals surface area contributed by atoms with Gasteiger partial charge in [0.1, 0.15) is 0 Å². The van der Waals surface area contributed by atoms with Gasteiger partial charge in [0.25, 0.3) is 11.6 Å². The molecule has 0 bridgehead atoms. The van der Waals surface area contributed by atoms with E-state index in [1.807, 2.05) is 0 Å². The number of nitrogens with zero attached hydrogens (tertiary/aromatic N) is 2. The molecule has 0 aliphatic rings. The first kappa shape index (κ1) is 18.2. The second-order valence-electron chi connectivity index (χ2n) is 5.36. The molecule has 0 aliphatic heterocycles. The number of benzene rings is 2. The highest BCUT2D eigenvalue weighted by Gasteiger charge is 2.12. The van der Waals surface area contributed by atoms with Crippen LogP contribution in [-0.4, -0.2) is 28.9 Å². The van der Waals surface area contributed by atoms with Crippen LogP contribution >= 0.6 is 11.3 Å². The molecule has 1 heterocycles. The number of thiazole rings is 1. The molecule has 0 fully saturated rings. The van der Waals surface area contributed by atoms with Gasteiger partial charge in [0.15, 0.2) is 5.13 Å². The van der Waals surface area contributed by atoms with Crippen LogP contribution in [0.4, 0.5) is 10.8 Å². The molecule has 27 heavy (non-hydrogen) atoms. The molecule has 1 aromatic heterocycles. The number of hydrogen-bond donors (Lipinski definition) is 1. The second kappa shape index (κ2) is 7.75. The maximum absolute atomic E-state index is 12.3. The van der Waals surface area contributed by atoms with Crippen LogP contribution in [0.25, 0.3) is 11.3 Å². The predicted octanol–water partition coefficient (Wildman–Crippen LogP) is 3.76. The molecule has 136 valence electrons. The van der Waals surface area contributed by atoms with E-state index >= 15 is 0 Å². The zero-order valence-electron chi connectivity index (χ0n) is 14.0. The smallest absolute Gasteiger partial charge is 0.337 e. The van der Waals surface area contributed by atoms with Crippen molar-refractivity contribution in [2.24, 2.45) is 0 Å². The number of hydrogen-bond acceptors (Lipinski definition) is 7. The highest BCUT2D eigenvalue weighted by molar-refractivity contribution is 7.14. The van der Waals surface area contributed by atoms with Gasteiger partial charge in [-0.05, 0) is 36.4 Å². The predicted molar refractivity (Wildman–Crippen MR) is 99.9 cm³/mol. The first-order valence-electron chi connectivity index (χ1n) is 7.68. The summed E-state index contributed by atoms with van der Waals surface area (Å²) in [6, 6.07) is 12.1. The summed E-state index contributed by atoms with van der Waals surface area (Å²) in [6.45, 7) is 0.